The van der Waals surface area contributed by atoms with Crippen molar-refractivity contribution >= 4 is 17.8 Å². The lowest BCUT2D eigenvalue weighted by Gasteiger charge is -2.19. The molecule has 1 aliphatic heterocycles. The van der Waals surface area contributed by atoms with Gasteiger partial charge in [-0.2, -0.15) is 10.1 Å². The third-order valence-electron chi connectivity index (χ3n) is 5.03. The molecule has 0 bridgehead atoms. The number of hydrogen-bond donors (Lipinski definition) is 3. The van der Waals surface area contributed by atoms with Crippen LogP contribution in [-0.4, -0.2) is 45.7 Å². The fourth-order valence-electron chi connectivity index (χ4n) is 3.21. The van der Waals surface area contributed by atoms with Gasteiger partial charge in [0.15, 0.2) is 5.82 Å². The molecule has 2 amide bonds. The van der Waals surface area contributed by atoms with Gasteiger partial charge < -0.3 is 10.6 Å². The summed E-state index contributed by atoms with van der Waals surface area (Å²) in [5, 5.41) is 13.5. The summed E-state index contributed by atoms with van der Waals surface area (Å²) in [6, 6.07) is 6.96. The van der Waals surface area contributed by atoms with E-state index < -0.39 is 0 Å². The van der Waals surface area contributed by atoms with Gasteiger partial charge in [-0.05, 0) is 63.0 Å². The van der Waals surface area contributed by atoms with Gasteiger partial charge >= 0.3 is 0 Å². The van der Waals surface area contributed by atoms with Crippen LogP contribution in [0.5, 0.6) is 0 Å². The van der Waals surface area contributed by atoms with Gasteiger partial charge in [-0.15, -0.1) is 0 Å². The number of carbonyl (C=O) groups is 2. The van der Waals surface area contributed by atoms with Gasteiger partial charge in [-0.1, -0.05) is 0 Å². The van der Waals surface area contributed by atoms with E-state index in [1.165, 1.54) is 0 Å². The lowest BCUT2D eigenvalue weighted by molar-refractivity contribution is 0.0949. The average molecular weight is 368 g/mol. The first-order chi connectivity index (χ1) is 13.1. The molecular weight excluding hydrogens is 344 g/mol. The van der Waals surface area contributed by atoms with Gasteiger partial charge in [0.1, 0.15) is 0 Å². The highest BCUT2D eigenvalue weighted by molar-refractivity contribution is 6.04. The molecule has 1 saturated heterocycles. The summed E-state index contributed by atoms with van der Waals surface area (Å²) < 4.78 is 1.60. The van der Waals surface area contributed by atoms with Crippen molar-refractivity contribution in [2.45, 2.75) is 37.6 Å². The first kappa shape index (κ1) is 17.7. The minimum Gasteiger partial charge on any atom is -0.349 e. The van der Waals surface area contributed by atoms with Gasteiger partial charge in [0.05, 0.1) is 0 Å². The number of hydrogen-bond acceptors (Lipinski definition) is 5. The maximum atomic E-state index is 12.5. The molecule has 4 rings (SSSR count). The van der Waals surface area contributed by atoms with E-state index in [9.17, 15) is 9.59 Å². The molecule has 0 unspecified atom stereocenters. The molecule has 2 fully saturated rings. The second-order valence-corrected chi connectivity index (χ2v) is 7.22. The highest BCUT2D eigenvalue weighted by Crippen LogP contribution is 2.23. The van der Waals surface area contributed by atoms with Gasteiger partial charge in [0.25, 0.3) is 11.8 Å². The van der Waals surface area contributed by atoms with Crippen LogP contribution in [0.3, 0.4) is 0 Å². The molecular formula is C19H24N6O2. The zero-order chi connectivity index (χ0) is 18.8. The minimum atomic E-state index is -0.267. The fourth-order valence-corrected chi connectivity index (χ4v) is 3.21. The van der Waals surface area contributed by atoms with E-state index >= 15 is 0 Å². The number of aryl methyl sites for hydroxylation is 1. The first-order valence-corrected chi connectivity index (χ1v) is 9.44. The monoisotopic (exact) mass is 368 g/mol. The molecule has 1 aliphatic carbocycles. The summed E-state index contributed by atoms with van der Waals surface area (Å²) >= 11 is 0. The third kappa shape index (κ3) is 4.16. The number of anilines is 1. The zero-order valence-corrected chi connectivity index (χ0v) is 15.4. The highest BCUT2D eigenvalue weighted by atomic mass is 16.2. The maximum Gasteiger partial charge on any atom is 0.258 e. The summed E-state index contributed by atoms with van der Waals surface area (Å²) in [5.41, 5.74) is 1.04. The Labute approximate surface area is 157 Å². The molecule has 2 aromatic rings. The van der Waals surface area contributed by atoms with E-state index in [0.29, 0.717) is 29.0 Å². The lowest BCUT2D eigenvalue weighted by Crippen LogP contribution is -2.27. The van der Waals surface area contributed by atoms with E-state index in [4.69, 9.17) is 0 Å². The van der Waals surface area contributed by atoms with Crippen LogP contribution in [0.1, 0.15) is 58.1 Å². The van der Waals surface area contributed by atoms with E-state index in [1.54, 1.807) is 36.0 Å². The van der Waals surface area contributed by atoms with Crippen LogP contribution in [0.25, 0.3) is 0 Å². The highest BCUT2D eigenvalue weighted by Gasteiger charge is 2.24. The van der Waals surface area contributed by atoms with Crippen molar-refractivity contribution in [2.24, 2.45) is 7.05 Å². The SMILES string of the molecule is Cn1nc(C2CCNCC2)nc1NC(=O)c1ccc(C(=O)NC2CC2)cc1. The normalized spacial score (nSPS) is 17.5. The second-order valence-electron chi connectivity index (χ2n) is 7.22. The van der Waals surface area contributed by atoms with Crippen LogP contribution in [0.15, 0.2) is 24.3 Å². The first-order valence-electron chi connectivity index (χ1n) is 9.44. The van der Waals surface area contributed by atoms with E-state index in [-0.39, 0.29) is 11.8 Å². The third-order valence-corrected chi connectivity index (χ3v) is 5.03. The number of rotatable bonds is 5. The largest absolute Gasteiger partial charge is 0.349 e. The summed E-state index contributed by atoms with van der Waals surface area (Å²) in [6.07, 6.45) is 4.09. The topological polar surface area (TPSA) is 101 Å². The molecule has 142 valence electrons. The molecule has 0 spiro atoms. The smallest absolute Gasteiger partial charge is 0.258 e. The van der Waals surface area contributed by atoms with Crippen LogP contribution in [0.4, 0.5) is 5.95 Å². The van der Waals surface area contributed by atoms with Crippen molar-refractivity contribution in [3.8, 4) is 0 Å². The van der Waals surface area contributed by atoms with Gasteiger partial charge in [-0.25, -0.2) is 4.68 Å². The predicted molar refractivity (Wildman–Crippen MR) is 101 cm³/mol. The molecule has 1 saturated carbocycles. The van der Waals surface area contributed by atoms with Crippen LogP contribution >= 0.6 is 0 Å². The Morgan fingerprint density at radius 3 is 2.30 bits per heavy atom. The summed E-state index contributed by atoms with van der Waals surface area (Å²) in [7, 11) is 1.78. The number of carbonyl (C=O) groups excluding carboxylic acids is 2. The Kier molecular flexibility index (Phi) is 4.89. The van der Waals surface area contributed by atoms with E-state index in [1.807, 2.05) is 0 Å². The van der Waals surface area contributed by atoms with Crippen molar-refractivity contribution in [1.82, 2.24) is 25.4 Å². The standard InChI is InChI=1S/C19H24N6O2/c1-25-19(22-16(24-25)12-8-10-20-11-9-12)23-18(27)14-4-2-13(3-5-14)17(26)21-15-6-7-15/h2-5,12,15,20H,6-11H2,1H3,(H,21,26)(H,22,23,24,27). The number of aromatic nitrogens is 3. The van der Waals surface area contributed by atoms with Crippen LogP contribution in [-0.2, 0) is 7.05 Å². The van der Waals surface area contributed by atoms with Gasteiger partial charge in [0.2, 0.25) is 5.95 Å². The predicted octanol–water partition coefficient (Wildman–Crippen LogP) is 1.43. The van der Waals surface area contributed by atoms with Crippen LogP contribution in [0.2, 0.25) is 0 Å². The van der Waals surface area contributed by atoms with Gasteiger partial charge in [0, 0.05) is 30.1 Å². The Morgan fingerprint density at radius 1 is 1.04 bits per heavy atom. The second kappa shape index (κ2) is 7.48. The molecule has 0 radical (unpaired) electrons. The quantitative estimate of drug-likeness (QED) is 0.741. The van der Waals surface area contributed by atoms with Crippen LogP contribution < -0.4 is 16.0 Å². The molecule has 0 atom stereocenters. The van der Waals surface area contributed by atoms with Crippen molar-refractivity contribution in [3.63, 3.8) is 0 Å². The van der Waals surface area contributed by atoms with Crippen molar-refractivity contribution in [2.75, 3.05) is 18.4 Å². The number of nitrogens with zero attached hydrogens (tertiary/aromatic N) is 3. The molecule has 2 aliphatic rings. The maximum absolute atomic E-state index is 12.5. The van der Waals surface area contributed by atoms with E-state index in [0.717, 1.165) is 44.6 Å². The molecule has 8 heteroatoms. The van der Waals surface area contributed by atoms with E-state index in [2.05, 4.69) is 26.0 Å². The molecule has 8 nitrogen and oxygen atoms in total. The average Bonchev–Trinajstić information content (AvgIpc) is 3.44. The molecule has 1 aromatic carbocycles. The Hall–Kier alpha value is -2.74. The fraction of sp³-hybridized carbons (Fsp3) is 0.474. The Bertz CT molecular complexity index is 834. The minimum absolute atomic E-state index is 0.0932. The van der Waals surface area contributed by atoms with Crippen molar-refractivity contribution in [1.29, 1.82) is 0 Å². The van der Waals surface area contributed by atoms with Crippen molar-refractivity contribution in [3.05, 3.63) is 41.2 Å². The number of nitrogens with one attached hydrogen (secondary N) is 3. The number of piperidine rings is 1. The zero-order valence-electron chi connectivity index (χ0n) is 15.4. The lowest BCUT2D eigenvalue weighted by atomic mass is 9.98. The molecule has 27 heavy (non-hydrogen) atoms. The molecule has 1 aromatic heterocycles. The Morgan fingerprint density at radius 2 is 1.67 bits per heavy atom. The van der Waals surface area contributed by atoms with Crippen LogP contribution in [0, 0.1) is 0 Å². The van der Waals surface area contributed by atoms with Crippen molar-refractivity contribution < 1.29 is 9.59 Å². The summed E-state index contributed by atoms with van der Waals surface area (Å²) in [4.78, 5) is 29.1. The van der Waals surface area contributed by atoms with Gasteiger partial charge in [-0.3, -0.25) is 14.9 Å². The Balaban J connectivity index is 1.41. The number of amides is 2. The summed E-state index contributed by atoms with van der Waals surface area (Å²) in [5.74, 6) is 1.18. The molecule has 3 N–H and O–H groups in total. The molecule has 2 heterocycles. The number of benzene rings is 1. The summed E-state index contributed by atoms with van der Waals surface area (Å²) in [6.45, 7) is 1.93.